The highest BCUT2D eigenvalue weighted by atomic mass is 16.5. The Bertz CT molecular complexity index is 775. The number of fused-ring (bicyclic) bond motifs is 1. The summed E-state index contributed by atoms with van der Waals surface area (Å²) in [4.78, 5) is 0. The molecule has 0 aliphatic heterocycles. The van der Waals surface area contributed by atoms with E-state index >= 15 is 0 Å². The lowest BCUT2D eigenvalue weighted by Crippen LogP contribution is -1.98. The Morgan fingerprint density at radius 2 is 1.52 bits per heavy atom. The van der Waals surface area contributed by atoms with Crippen LogP contribution in [0.3, 0.4) is 0 Å². The Morgan fingerprint density at radius 1 is 0.783 bits per heavy atom. The van der Waals surface area contributed by atoms with Crippen molar-refractivity contribution in [3.63, 3.8) is 0 Å². The first-order valence-electron chi connectivity index (χ1n) is 8.24. The highest BCUT2D eigenvalue weighted by Gasteiger charge is 2.23. The first kappa shape index (κ1) is 14.1. The molecular formula is C22H20O. The average molecular weight is 300 g/mol. The van der Waals surface area contributed by atoms with Crippen LogP contribution in [0.25, 0.3) is 0 Å². The molecule has 1 aliphatic carbocycles. The molecule has 23 heavy (non-hydrogen) atoms. The lowest BCUT2D eigenvalue weighted by atomic mass is 9.93. The number of benzene rings is 3. The molecule has 1 unspecified atom stereocenters. The van der Waals surface area contributed by atoms with Crippen molar-refractivity contribution in [1.82, 2.24) is 0 Å². The Morgan fingerprint density at radius 3 is 2.35 bits per heavy atom. The minimum absolute atomic E-state index is 0.536. The summed E-state index contributed by atoms with van der Waals surface area (Å²) in [5.74, 6) is 1.47. The molecule has 0 radical (unpaired) electrons. The van der Waals surface area contributed by atoms with Crippen LogP contribution in [0.15, 0.2) is 78.9 Å². The first-order chi connectivity index (χ1) is 11.4. The van der Waals surface area contributed by atoms with E-state index in [0.29, 0.717) is 12.5 Å². The molecule has 0 saturated heterocycles. The van der Waals surface area contributed by atoms with E-state index in [1.54, 1.807) is 0 Å². The van der Waals surface area contributed by atoms with Crippen LogP contribution in [-0.2, 0) is 13.0 Å². The van der Waals surface area contributed by atoms with E-state index in [2.05, 4.69) is 60.7 Å². The Labute approximate surface area is 137 Å². The summed E-state index contributed by atoms with van der Waals surface area (Å²) in [5, 5.41) is 0. The fraction of sp³-hybridized carbons (Fsp3) is 0.182. The van der Waals surface area contributed by atoms with Crippen LogP contribution in [0.1, 0.15) is 34.6 Å². The third kappa shape index (κ3) is 3.00. The van der Waals surface area contributed by atoms with Gasteiger partial charge in [-0.15, -0.1) is 0 Å². The Kier molecular flexibility index (Phi) is 3.85. The van der Waals surface area contributed by atoms with Crippen LogP contribution < -0.4 is 4.74 Å². The zero-order chi connectivity index (χ0) is 15.5. The smallest absolute Gasteiger partial charge is 0.119 e. The molecule has 114 valence electrons. The van der Waals surface area contributed by atoms with Crippen molar-refractivity contribution < 1.29 is 4.74 Å². The minimum Gasteiger partial charge on any atom is -0.489 e. The van der Waals surface area contributed by atoms with E-state index in [0.717, 1.165) is 5.75 Å². The van der Waals surface area contributed by atoms with Gasteiger partial charge in [-0.2, -0.15) is 0 Å². The van der Waals surface area contributed by atoms with Crippen LogP contribution >= 0.6 is 0 Å². The van der Waals surface area contributed by atoms with E-state index < -0.39 is 0 Å². The number of aryl methyl sites for hydroxylation is 1. The normalized spacial score (nSPS) is 16.1. The van der Waals surface area contributed by atoms with Crippen molar-refractivity contribution in [3.8, 4) is 5.75 Å². The third-order valence-corrected chi connectivity index (χ3v) is 4.66. The van der Waals surface area contributed by atoms with Gasteiger partial charge < -0.3 is 4.74 Å². The van der Waals surface area contributed by atoms with Gasteiger partial charge in [0.15, 0.2) is 0 Å². The topological polar surface area (TPSA) is 9.23 Å². The van der Waals surface area contributed by atoms with Crippen LogP contribution in [-0.4, -0.2) is 0 Å². The third-order valence-electron chi connectivity index (χ3n) is 4.66. The predicted octanol–water partition coefficient (Wildman–Crippen LogP) is 5.34. The van der Waals surface area contributed by atoms with E-state index in [1.165, 1.54) is 35.1 Å². The quantitative estimate of drug-likeness (QED) is 0.631. The highest BCUT2D eigenvalue weighted by molar-refractivity contribution is 5.43. The number of rotatable bonds is 4. The summed E-state index contributed by atoms with van der Waals surface area (Å²) < 4.78 is 5.88. The van der Waals surface area contributed by atoms with E-state index in [4.69, 9.17) is 4.74 Å². The van der Waals surface area contributed by atoms with Crippen molar-refractivity contribution in [2.45, 2.75) is 25.4 Å². The maximum Gasteiger partial charge on any atom is 0.119 e. The van der Waals surface area contributed by atoms with Crippen LogP contribution in [0.5, 0.6) is 5.75 Å². The van der Waals surface area contributed by atoms with Crippen LogP contribution in [0.4, 0.5) is 0 Å². The van der Waals surface area contributed by atoms with E-state index in [1.807, 2.05) is 18.2 Å². The highest BCUT2D eigenvalue weighted by Crippen LogP contribution is 2.38. The van der Waals surface area contributed by atoms with Crippen molar-refractivity contribution in [2.24, 2.45) is 0 Å². The maximum atomic E-state index is 5.88. The van der Waals surface area contributed by atoms with Gasteiger partial charge in [0, 0.05) is 5.92 Å². The van der Waals surface area contributed by atoms with Crippen molar-refractivity contribution in [2.75, 3.05) is 0 Å². The molecular weight excluding hydrogens is 280 g/mol. The molecule has 4 rings (SSSR count). The standard InChI is InChI=1S/C22H20O/c1-2-6-17(7-3-1)16-23-20-13-10-19(11-14-20)22-15-12-18-8-4-5-9-21(18)22/h1-11,13-14,22H,12,15-16H2. The molecule has 0 aromatic heterocycles. The SMILES string of the molecule is c1ccc(COc2ccc(C3CCc4ccccc43)cc2)cc1. The molecule has 0 heterocycles. The first-order valence-corrected chi connectivity index (χ1v) is 8.24. The van der Waals surface area contributed by atoms with Gasteiger partial charge in [0.1, 0.15) is 12.4 Å². The van der Waals surface area contributed by atoms with Gasteiger partial charge in [0.2, 0.25) is 0 Å². The molecule has 1 aliphatic rings. The summed E-state index contributed by atoms with van der Waals surface area (Å²) in [6, 6.07) is 27.7. The van der Waals surface area contributed by atoms with Crippen molar-refractivity contribution in [3.05, 3.63) is 101 Å². The minimum atomic E-state index is 0.536. The fourth-order valence-electron chi connectivity index (χ4n) is 3.44. The number of ether oxygens (including phenoxy) is 1. The van der Waals surface area contributed by atoms with Gasteiger partial charge in [-0.05, 0) is 47.2 Å². The summed E-state index contributed by atoms with van der Waals surface area (Å²) in [7, 11) is 0. The molecule has 3 aromatic rings. The van der Waals surface area contributed by atoms with Crippen molar-refractivity contribution >= 4 is 0 Å². The molecule has 0 bridgehead atoms. The lowest BCUT2D eigenvalue weighted by molar-refractivity contribution is 0.306. The Balaban J connectivity index is 1.47. The summed E-state index contributed by atoms with van der Waals surface area (Å²) in [6.07, 6.45) is 2.40. The second kappa shape index (κ2) is 6.29. The second-order valence-electron chi connectivity index (χ2n) is 6.13. The summed E-state index contributed by atoms with van der Waals surface area (Å²) in [6.45, 7) is 0.618. The zero-order valence-electron chi connectivity index (χ0n) is 13.1. The van der Waals surface area contributed by atoms with Gasteiger partial charge in [-0.25, -0.2) is 0 Å². The average Bonchev–Trinajstić information content (AvgIpc) is 3.05. The molecule has 3 aromatic carbocycles. The van der Waals surface area contributed by atoms with Gasteiger partial charge in [0.05, 0.1) is 0 Å². The molecule has 1 heteroatoms. The summed E-state index contributed by atoms with van der Waals surface area (Å²) >= 11 is 0. The molecule has 0 fully saturated rings. The molecule has 1 nitrogen and oxygen atoms in total. The molecule has 1 atom stereocenters. The van der Waals surface area contributed by atoms with Gasteiger partial charge in [-0.3, -0.25) is 0 Å². The zero-order valence-corrected chi connectivity index (χ0v) is 13.1. The molecule has 0 spiro atoms. The van der Waals surface area contributed by atoms with Gasteiger partial charge >= 0.3 is 0 Å². The Hall–Kier alpha value is -2.54. The van der Waals surface area contributed by atoms with Gasteiger partial charge in [0.25, 0.3) is 0 Å². The summed E-state index contributed by atoms with van der Waals surface area (Å²) in [5.41, 5.74) is 5.58. The largest absolute Gasteiger partial charge is 0.489 e. The molecule has 0 amide bonds. The van der Waals surface area contributed by atoms with E-state index in [-0.39, 0.29) is 0 Å². The van der Waals surface area contributed by atoms with E-state index in [9.17, 15) is 0 Å². The van der Waals surface area contributed by atoms with Crippen LogP contribution in [0, 0.1) is 0 Å². The molecule has 0 N–H and O–H groups in total. The lowest BCUT2D eigenvalue weighted by Gasteiger charge is -2.13. The van der Waals surface area contributed by atoms with Crippen molar-refractivity contribution in [1.29, 1.82) is 0 Å². The fourth-order valence-corrected chi connectivity index (χ4v) is 3.44. The monoisotopic (exact) mass is 300 g/mol. The second-order valence-corrected chi connectivity index (χ2v) is 6.13. The van der Waals surface area contributed by atoms with Gasteiger partial charge in [-0.1, -0.05) is 66.7 Å². The maximum absolute atomic E-state index is 5.88. The number of hydrogen-bond acceptors (Lipinski definition) is 1. The molecule has 0 saturated carbocycles. The van der Waals surface area contributed by atoms with Crippen LogP contribution in [0.2, 0.25) is 0 Å². The predicted molar refractivity (Wildman–Crippen MR) is 93.8 cm³/mol. The number of hydrogen-bond donors (Lipinski definition) is 0.